The summed E-state index contributed by atoms with van der Waals surface area (Å²) in [6.45, 7) is 5.81. The number of hydrogen-bond acceptors (Lipinski definition) is 5. The lowest BCUT2D eigenvalue weighted by Crippen LogP contribution is -2.34. The first-order valence-electron chi connectivity index (χ1n) is 5.94. The average Bonchev–Trinajstić information content (AvgIpc) is 2.68. The van der Waals surface area contributed by atoms with Gasteiger partial charge in [0, 0.05) is 7.05 Å². The molecule has 0 bridgehead atoms. The highest BCUT2D eigenvalue weighted by Crippen LogP contribution is 2.12. The molecule has 1 amide bonds. The molecule has 19 heavy (non-hydrogen) atoms. The van der Waals surface area contributed by atoms with Crippen LogP contribution in [0.1, 0.15) is 26.6 Å². The number of aromatic nitrogens is 4. The second kappa shape index (κ2) is 4.83. The zero-order valence-electron chi connectivity index (χ0n) is 11.5. The molecule has 0 aliphatic heterocycles. The minimum atomic E-state index is -0.509. The first-order chi connectivity index (χ1) is 8.85. The minimum Gasteiger partial charge on any atom is -0.444 e. The maximum atomic E-state index is 11.8. The van der Waals surface area contributed by atoms with Crippen molar-refractivity contribution in [1.29, 1.82) is 0 Å². The molecule has 7 heteroatoms. The van der Waals surface area contributed by atoms with Crippen LogP contribution in [0.5, 0.6) is 0 Å². The lowest BCUT2D eigenvalue weighted by Gasteiger charge is -2.24. The SMILES string of the molecule is CN(Cc1nc2ncncc2[nH]1)C(=O)OC(C)(C)C. The van der Waals surface area contributed by atoms with E-state index in [1.54, 1.807) is 13.2 Å². The Kier molecular flexibility index (Phi) is 3.37. The molecule has 0 spiro atoms. The Morgan fingerprint density at radius 3 is 2.84 bits per heavy atom. The van der Waals surface area contributed by atoms with Gasteiger partial charge < -0.3 is 14.6 Å². The topological polar surface area (TPSA) is 84.0 Å². The van der Waals surface area contributed by atoms with E-state index in [2.05, 4.69) is 19.9 Å². The molecule has 0 saturated carbocycles. The van der Waals surface area contributed by atoms with Crippen LogP contribution < -0.4 is 0 Å². The number of rotatable bonds is 2. The van der Waals surface area contributed by atoms with E-state index in [1.807, 2.05) is 20.8 Å². The third-order valence-corrected chi connectivity index (χ3v) is 2.30. The molecule has 2 aromatic rings. The quantitative estimate of drug-likeness (QED) is 0.891. The van der Waals surface area contributed by atoms with E-state index in [0.717, 1.165) is 5.52 Å². The highest BCUT2D eigenvalue weighted by Gasteiger charge is 2.20. The Bertz CT molecular complexity index is 554. The van der Waals surface area contributed by atoms with E-state index >= 15 is 0 Å². The number of amides is 1. The molecule has 7 nitrogen and oxygen atoms in total. The van der Waals surface area contributed by atoms with E-state index < -0.39 is 5.60 Å². The molecule has 2 heterocycles. The summed E-state index contributed by atoms with van der Waals surface area (Å²) in [6, 6.07) is 0. The summed E-state index contributed by atoms with van der Waals surface area (Å²) in [6.07, 6.45) is 2.69. The molecule has 0 saturated heterocycles. The number of hydrogen-bond donors (Lipinski definition) is 1. The second-order valence-corrected chi connectivity index (χ2v) is 5.28. The lowest BCUT2D eigenvalue weighted by molar-refractivity contribution is 0.0281. The molecule has 0 radical (unpaired) electrons. The van der Waals surface area contributed by atoms with Crippen molar-refractivity contribution in [2.75, 3.05) is 7.05 Å². The normalized spacial score (nSPS) is 11.6. The van der Waals surface area contributed by atoms with Gasteiger partial charge in [-0.05, 0) is 20.8 Å². The van der Waals surface area contributed by atoms with Crippen LogP contribution in [0.2, 0.25) is 0 Å². The van der Waals surface area contributed by atoms with Crippen LogP contribution in [-0.4, -0.2) is 43.6 Å². The van der Waals surface area contributed by atoms with Crippen molar-refractivity contribution in [1.82, 2.24) is 24.8 Å². The van der Waals surface area contributed by atoms with E-state index in [9.17, 15) is 4.79 Å². The van der Waals surface area contributed by atoms with Crippen LogP contribution >= 0.6 is 0 Å². The van der Waals surface area contributed by atoms with Gasteiger partial charge in [0.1, 0.15) is 23.3 Å². The van der Waals surface area contributed by atoms with Crippen LogP contribution in [0.15, 0.2) is 12.5 Å². The van der Waals surface area contributed by atoms with Gasteiger partial charge in [0.15, 0.2) is 5.65 Å². The van der Waals surface area contributed by atoms with Crippen molar-refractivity contribution in [2.24, 2.45) is 0 Å². The summed E-state index contributed by atoms with van der Waals surface area (Å²) in [7, 11) is 1.66. The maximum Gasteiger partial charge on any atom is 0.410 e. The van der Waals surface area contributed by atoms with Crippen LogP contribution in [0, 0.1) is 0 Å². The van der Waals surface area contributed by atoms with E-state index in [-0.39, 0.29) is 6.09 Å². The number of aromatic amines is 1. The summed E-state index contributed by atoms with van der Waals surface area (Å²) < 4.78 is 5.26. The molecule has 2 rings (SSSR count). The van der Waals surface area contributed by atoms with Crippen molar-refractivity contribution in [3.8, 4) is 0 Å². The molecular weight excluding hydrogens is 246 g/mol. The largest absolute Gasteiger partial charge is 0.444 e. The van der Waals surface area contributed by atoms with Gasteiger partial charge in [-0.15, -0.1) is 0 Å². The van der Waals surface area contributed by atoms with E-state index in [4.69, 9.17) is 4.74 Å². The van der Waals surface area contributed by atoms with Crippen molar-refractivity contribution in [3.05, 3.63) is 18.3 Å². The zero-order chi connectivity index (χ0) is 14.0. The molecule has 0 aliphatic rings. The number of nitrogens with zero attached hydrogens (tertiary/aromatic N) is 4. The van der Waals surface area contributed by atoms with Crippen LogP contribution in [0.3, 0.4) is 0 Å². The number of nitrogens with one attached hydrogen (secondary N) is 1. The fourth-order valence-corrected chi connectivity index (χ4v) is 1.52. The molecular formula is C12H17N5O2. The van der Waals surface area contributed by atoms with Crippen molar-refractivity contribution in [2.45, 2.75) is 32.9 Å². The number of carbonyl (C=O) groups excluding carboxylic acids is 1. The Labute approximate surface area is 111 Å². The van der Waals surface area contributed by atoms with Gasteiger partial charge >= 0.3 is 6.09 Å². The van der Waals surface area contributed by atoms with Gasteiger partial charge in [0.2, 0.25) is 0 Å². The average molecular weight is 263 g/mol. The highest BCUT2D eigenvalue weighted by molar-refractivity contribution is 5.70. The monoisotopic (exact) mass is 263 g/mol. The summed E-state index contributed by atoms with van der Waals surface area (Å²) in [4.78, 5) is 28.5. The first-order valence-corrected chi connectivity index (χ1v) is 5.94. The molecule has 2 aromatic heterocycles. The van der Waals surface area contributed by atoms with Gasteiger partial charge in [-0.1, -0.05) is 0 Å². The lowest BCUT2D eigenvalue weighted by atomic mass is 10.2. The molecule has 0 fully saturated rings. The fraction of sp³-hybridized carbons (Fsp3) is 0.500. The smallest absolute Gasteiger partial charge is 0.410 e. The predicted octanol–water partition coefficient (Wildman–Crippen LogP) is 1.72. The summed E-state index contributed by atoms with van der Waals surface area (Å²) in [5.41, 5.74) is 0.822. The number of carbonyl (C=O) groups is 1. The van der Waals surface area contributed by atoms with Crippen molar-refractivity contribution >= 4 is 17.3 Å². The molecule has 0 atom stereocenters. The Morgan fingerprint density at radius 1 is 1.47 bits per heavy atom. The Hall–Kier alpha value is -2.18. The third kappa shape index (κ3) is 3.40. The highest BCUT2D eigenvalue weighted by atomic mass is 16.6. The van der Waals surface area contributed by atoms with Gasteiger partial charge in [-0.3, -0.25) is 0 Å². The zero-order valence-corrected chi connectivity index (χ0v) is 11.5. The first kappa shape index (κ1) is 13.3. The number of H-pyrrole nitrogens is 1. The summed E-state index contributed by atoms with van der Waals surface area (Å²) >= 11 is 0. The molecule has 1 N–H and O–H groups in total. The third-order valence-electron chi connectivity index (χ3n) is 2.30. The van der Waals surface area contributed by atoms with E-state index in [1.165, 1.54) is 11.2 Å². The van der Waals surface area contributed by atoms with E-state index in [0.29, 0.717) is 18.0 Å². The Morgan fingerprint density at radius 2 is 2.21 bits per heavy atom. The van der Waals surface area contributed by atoms with Crippen molar-refractivity contribution in [3.63, 3.8) is 0 Å². The van der Waals surface area contributed by atoms with Crippen LogP contribution in [0.25, 0.3) is 11.2 Å². The number of ether oxygens (including phenoxy) is 1. The summed E-state index contributed by atoms with van der Waals surface area (Å²) in [5.74, 6) is 0.642. The fourth-order valence-electron chi connectivity index (χ4n) is 1.52. The predicted molar refractivity (Wildman–Crippen MR) is 69.4 cm³/mol. The molecule has 102 valence electrons. The molecule has 0 aromatic carbocycles. The molecule has 0 aliphatic carbocycles. The molecule has 0 unspecified atom stereocenters. The second-order valence-electron chi connectivity index (χ2n) is 5.28. The van der Waals surface area contributed by atoms with Crippen LogP contribution in [0.4, 0.5) is 4.79 Å². The van der Waals surface area contributed by atoms with Gasteiger partial charge in [-0.25, -0.2) is 19.7 Å². The van der Waals surface area contributed by atoms with Crippen molar-refractivity contribution < 1.29 is 9.53 Å². The van der Waals surface area contributed by atoms with Gasteiger partial charge in [0.25, 0.3) is 0 Å². The van der Waals surface area contributed by atoms with Gasteiger partial charge in [-0.2, -0.15) is 0 Å². The van der Waals surface area contributed by atoms with Crippen LogP contribution in [-0.2, 0) is 11.3 Å². The van der Waals surface area contributed by atoms with Gasteiger partial charge in [0.05, 0.1) is 12.7 Å². The summed E-state index contributed by atoms with van der Waals surface area (Å²) in [5, 5.41) is 0. The number of fused-ring (bicyclic) bond motifs is 1. The number of imidazole rings is 1. The maximum absolute atomic E-state index is 11.8. The minimum absolute atomic E-state index is 0.325. The standard InChI is InChI=1S/C12H17N5O2/c1-12(2,3)19-11(18)17(4)6-9-15-8-5-13-7-14-10(8)16-9/h5,7H,6H2,1-4H3,(H,13,14,15,16). The Balaban J connectivity index is 2.06.